The van der Waals surface area contributed by atoms with E-state index >= 15 is 0 Å². The van der Waals surface area contributed by atoms with E-state index in [0.717, 1.165) is 25.7 Å². The van der Waals surface area contributed by atoms with Crippen molar-refractivity contribution in [2.45, 2.75) is 81.1 Å². The Morgan fingerprint density at radius 3 is 1.76 bits per heavy atom. The molecule has 3 heteroatoms. The average molecular weight is 696 g/mol. The van der Waals surface area contributed by atoms with Gasteiger partial charge in [-0.05, 0) is 145 Å². The molecule has 0 radical (unpaired) electrons. The molecule has 0 aromatic heterocycles. The molecule has 0 amide bonds. The first kappa shape index (κ1) is 37.7. The van der Waals surface area contributed by atoms with E-state index < -0.39 is 15.8 Å². The Morgan fingerprint density at radius 1 is 0.760 bits per heavy atom. The van der Waals surface area contributed by atoms with Gasteiger partial charge < -0.3 is 5.73 Å². The summed E-state index contributed by atoms with van der Waals surface area (Å²) in [6, 6.07) is 28.6. The van der Waals surface area contributed by atoms with Gasteiger partial charge in [-0.25, -0.2) is 0 Å². The third-order valence-corrected chi connectivity index (χ3v) is 14.5. The van der Waals surface area contributed by atoms with E-state index in [0.29, 0.717) is 6.54 Å². The molecule has 1 unspecified atom stereocenters. The number of aryl methyl sites for hydroxylation is 7. The Bertz CT molecular complexity index is 1890. The van der Waals surface area contributed by atoms with Crippen LogP contribution in [0.5, 0.6) is 0 Å². The highest BCUT2D eigenvalue weighted by atomic mass is 31.1. The molecule has 50 heavy (non-hydrogen) atoms. The lowest BCUT2D eigenvalue weighted by Gasteiger charge is -2.30. The Labute approximate surface area is 305 Å². The molecule has 0 heterocycles. The Hall–Kier alpha value is -3.60. The van der Waals surface area contributed by atoms with Gasteiger partial charge in [0, 0.05) is 0 Å². The van der Waals surface area contributed by atoms with Crippen molar-refractivity contribution in [1.29, 1.82) is 0 Å². The fraction of sp³-hybridized carbons (Fsp3) is 0.277. The van der Waals surface area contributed by atoms with Crippen molar-refractivity contribution in [3.8, 4) is 0 Å². The summed E-state index contributed by atoms with van der Waals surface area (Å²) in [5, 5.41) is 8.79. The molecule has 1 aliphatic rings. The third-order valence-electron chi connectivity index (χ3n) is 9.41. The molecule has 1 aliphatic carbocycles. The topological polar surface area (TPSA) is 26.0 Å². The molecule has 4 aromatic carbocycles. The van der Waals surface area contributed by atoms with Crippen LogP contribution in [0.25, 0.3) is 0 Å². The van der Waals surface area contributed by atoms with Crippen molar-refractivity contribution in [3.05, 3.63) is 176 Å². The fourth-order valence-corrected chi connectivity index (χ4v) is 13.5. The molecule has 5 rings (SSSR count). The van der Waals surface area contributed by atoms with E-state index in [9.17, 15) is 0 Å². The summed E-state index contributed by atoms with van der Waals surface area (Å²) in [5.41, 5.74) is 20.0. The van der Waals surface area contributed by atoms with Crippen molar-refractivity contribution >= 4 is 37.1 Å². The normalized spacial score (nSPS) is 14.2. The summed E-state index contributed by atoms with van der Waals surface area (Å²) in [7, 11) is -1.62. The molecule has 0 spiro atoms. The summed E-state index contributed by atoms with van der Waals surface area (Å²) in [6.07, 6.45) is 14.9. The van der Waals surface area contributed by atoms with Crippen molar-refractivity contribution < 1.29 is 0 Å². The largest absolute Gasteiger partial charge is 0.330 e. The second kappa shape index (κ2) is 17.1. The monoisotopic (exact) mass is 695 g/mol. The Kier molecular flexibility index (Phi) is 12.9. The van der Waals surface area contributed by atoms with Gasteiger partial charge in [-0.2, -0.15) is 0 Å². The van der Waals surface area contributed by atoms with Gasteiger partial charge in [-0.3, -0.25) is 0 Å². The molecule has 2 N–H and O–H groups in total. The Balaban J connectivity index is 1.85. The van der Waals surface area contributed by atoms with Crippen molar-refractivity contribution in [1.82, 2.24) is 0 Å². The molecular formula is C47H55NP2. The molecular weight excluding hydrogens is 640 g/mol. The van der Waals surface area contributed by atoms with Gasteiger partial charge in [0.15, 0.2) is 0 Å². The average Bonchev–Trinajstić information content (AvgIpc) is 3.47. The quantitative estimate of drug-likeness (QED) is 0.109. The lowest BCUT2D eigenvalue weighted by Crippen LogP contribution is -2.22. The van der Waals surface area contributed by atoms with E-state index in [2.05, 4.69) is 159 Å². The minimum Gasteiger partial charge on any atom is -0.330 e. The van der Waals surface area contributed by atoms with Gasteiger partial charge >= 0.3 is 0 Å². The number of nitrogens with two attached hydrogens (primary N) is 1. The highest BCUT2D eigenvalue weighted by Crippen LogP contribution is 2.52. The second-order valence-electron chi connectivity index (χ2n) is 14.0. The van der Waals surface area contributed by atoms with E-state index in [-0.39, 0.29) is 0 Å². The van der Waals surface area contributed by atoms with E-state index in [1.807, 2.05) is 6.08 Å². The van der Waals surface area contributed by atoms with Crippen LogP contribution in [-0.2, 0) is 12.8 Å². The zero-order chi connectivity index (χ0) is 35.9. The minimum atomic E-state index is -0.880. The van der Waals surface area contributed by atoms with Crippen molar-refractivity contribution in [2.75, 3.05) is 6.54 Å². The number of allylic oxidation sites excluding steroid dienone is 8. The summed E-state index contributed by atoms with van der Waals surface area (Å²) >= 11 is 0. The van der Waals surface area contributed by atoms with Gasteiger partial charge in [0.25, 0.3) is 0 Å². The summed E-state index contributed by atoms with van der Waals surface area (Å²) in [6.45, 7) is 22.7. The summed E-state index contributed by atoms with van der Waals surface area (Å²) < 4.78 is 0. The molecule has 0 aliphatic heterocycles. The van der Waals surface area contributed by atoms with E-state index in [1.54, 1.807) is 5.31 Å². The summed E-state index contributed by atoms with van der Waals surface area (Å²) in [4.78, 5) is 0. The number of hydrogen-bond acceptors (Lipinski definition) is 1. The molecule has 0 saturated carbocycles. The van der Waals surface area contributed by atoms with Crippen LogP contribution < -0.4 is 27.0 Å². The van der Waals surface area contributed by atoms with E-state index in [4.69, 9.17) is 5.73 Å². The van der Waals surface area contributed by atoms with Crippen LogP contribution >= 0.6 is 15.8 Å². The minimum absolute atomic E-state index is 0.596. The second-order valence-corrected chi connectivity index (χ2v) is 18.5. The number of rotatable bonds is 13. The third kappa shape index (κ3) is 9.00. The summed E-state index contributed by atoms with van der Waals surface area (Å²) in [5.74, 6) is 0. The maximum Gasteiger partial charge on any atom is -0.000297 e. The first-order valence-corrected chi connectivity index (χ1v) is 20.7. The SMILES string of the molecule is C=C/C=C\C(CCN)=C(\Cc1c(CC)cccc1P(C1=CC(C)=CC1)c1cc(C)cc(C)c1)P(c1cc(C)cc(C)c1)c1cc(C)cc(C)c1. The fourth-order valence-electron chi connectivity index (χ4n) is 7.49. The van der Waals surface area contributed by atoms with Crippen LogP contribution in [0.3, 0.4) is 0 Å². The molecule has 258 valence electrons. The maximum atomic E-state index is 6.44. The highest BCUT2D eigenvalue weighted by Gasteiger charge is 2.29. The molecule has 1 nitrogen and oxygen atoms in total. The van der Waals surface area contributed by atoms with Gasteiger partial charge in [0.05, 0.1) is 0 Å². The molecule has 4 aromatic rings. The number of benzene rings is 4. The van der Waals surface area contributed by atoms with Crippen molar-refractivity contribution in [3.63, 3.8) is 0 Å². The molecule has 1 atom stereocenters. The molecule has 0 bridgehead atoms. The van der Waals surface area contributed by atoms with Crippen LogP contribution in [0.1, 0.15) is 71.2 Å². The zero-order valence-electron chi connectivity index (χ0n) is 31.5. The predicted molar refractivity (Wildman–Crippen MR) is 226 cm³/mol. The highest BCUT2D eigenvalue weighted by molar-refractivity contribution is 7.77. The zero-order valence-corrected chi connectivity index (χ0v) is 33.3. The van der Waals surface area contributed by atoms with E-state index in [1.165, 1.54) is 82.2 Å². The van der Waals surface area contributed by atoms with Crippen LogP contribution in [0, 0.1) is 41.5 Å². The van der Waals surface area contributed by atoms with Gasteiger partial charge in [0.1, 0.15) is 0 Å². The molecule has 0 fully saturated rings. The van der Waals surface area contributed by atoms with Gasteiger partial charge in [-0.15, -0.1) is 0 Å². The standard InChI is InChI=1S/C47H55NP2/c1-10-12-14-40(19-20-48)47(50(43-27-35(6)22-36(7)28-43)44-29-37(8)23-38(9)30-44)31-45-39(11-2)15-13-16-46(45)49(41-18-17-32(3)24-41)42-25-33(4)21-34(5)26-42/h10,12-17,21-30H,1,11,18-20,31,48H2,2-9H3/b14-12-,47-40+. The van der Waals surface area contributed by atoms with Crippen LogP contribution in [0.2, 0.25) is 0 Å². The Morgan fingerprint density at radius 2 is 1.30 bits per heavy atom. The lowest BCUT2D eigenvalue weighted by atomic mass is 9.99. The smallest absolute Gasteiger partial charge is 0.000297 e. The predicted octanol–water partition coefficient (Wildman–Crippen LogP) is 10.8. The number of hydrogen-bond donors (Lipinski definition) is 1. The lowest BCUT2D eigenvalue weighted by molar-refractivity contribution is 0.958. The van der Waals surface area contributed by atoms with Crippen LogP contribution in [0.15, 0.2) is 132 Å². The first-order valence-electron chi connectivity index (χ1n) is 18.1. The van der Waals surface area contributed by atoms with Gasteiger partial charge in [0.2, 0.25) is 0 Å². The van der Waals surface area contributed by atoms with Crippen LogP contribution in [0.4, 0.5) is 0 Å². The van der Waals surface area contributed by atoms with Crippen molar-refractivity contribution in [2.24, 2.45) is 5.73 Å². The van der Waals surface area contributed by atoms with Gasteiger partial charge in [-0.1, -0.05) is 156 Å². The molecule has 0 saturated heterocycles. The maximum absolute atomic E-state index is 6.44. The van der Waals surface area contributed by atoms with Crippen LogP contribution in [-0.4, -0.2) is 6.54 Å². The first-order chi connectivity index (χ1) is 24.0.